The van der Waals surface area contributed by atoms with Crippen LogP contribution in [0.1, 0.15) is 32.0 Å². The SMILES string of the molecule is CCc1nsc(N2CCCC(CCBr)C2)n1. The van der Waals surface area contributed by atoms with E-state index >= 15 is 0 Å². The zero-order chi connectivity index (χ0) is 11.4. The van der Waals surface area contributed by atoms with Crippen molar-refractivity contribution in [3.63, 3.8) is 0 Å². The molecule has 90 valence electrons. The predicted octanol–water partition coefficient (Wildman–Crippen LogP) is 3.10. The van der Waals surface area contributed by atoms with Gasteiger partial charge in [-0.1, -0.05) is 22.9 Å². The lowest BCUT2D eigenvalue weighted by molar-refractivity contribution is 0.407. The van der Waals surface area contributed by atoms with Crippen LogP contribution in [0.5, 0.6) is 0 Å². The molecule has 1 aliphatic rings. The Morgan fingerprint density at radius 3 is 3.12 bits per heavy atom. The van der Waals surface area contributed by atoms with E-state index in [0.717, 1.165) is 41.7 Å². The van der Waals surface area contributed by atoms with Gasteiger partial charge in [-0.15, -0.1) is 0 Å². The van der Waals surface area contributed by atoms with Gasteiger partial charge in [0.05, 0.1) is 0 Å². The summed E-state index contributed by atoms with van der Waals surface area (Å²) in [5, 5.41) is 2.23. The van der Waals surface area contributed by atoms with Crippen LogP contribution in [0.3, 0.4) is 0 Å². The first kappa shape index (κ1) is 12.3. The standard InChI is InChI=1S/C11H18BrN3S/c1-2-10-13-11(16-14-10)15-7-3-4-9(8-15)5-6-12/h9H,2-8H2,1H3. The molecule has 1 atom stereocenters. The smallest absolute Gasteiger partial charge is 0.205 e. The number of halogens is 1. The first-order chi connectivity index (χ1) is 7.83. The largest absolute Gasteiger partial charge is 0.347 e. The first-order valence-corrected chi connectivity index (χ1v) is 7.86. The summed E-state index contributed by atoms with van der Waals surface area (Å²) in [5.41, 5.74) is 0. The Hall–Kier alpha value is -0.160. The first-order valence-electron chi connectivity index (χ1n) is 5.97. The maximum atomic E-state index is 4.57. The quantitative estimate of drug-likeness (QED) is 0.800. The van der Waals surface area contributed by atoms with E-state index in [0.29, 0.717) is 0 Å². The molecule has 0 aliphatic carbocycles. The monoisotopic (exact) mass is 303 g/mol. The van der Waals surface area contributed by atoms with Crippen molar-refractivity contribution in [2.75, 3.05) is 23.3 Å². The van der Waals surface area contributed by atoms with Crippen molar-refractivity contribution in [2.24, 2.45) is 5.92 Å². The van der Waals surface area contributed by atoms with Gasteiger partial charge in [-0.3, -0.25) is 0 Å². The number of nitrogens with zero attached hydrogens (tertiary/aromatic N) is 3. The number of piperidine rings is 1. The zero-order valence-corrected chi connectivity index (χ0v) is 12.1. The van der Waals surface area contributed by atoms with E-state index in [9.17, 15) is 0 Å². The topological polar surface area (TPSA) is 29.0 Å². The molecule has 1 saturated heterocycles. The molecule has 0 spiro atoms. The molecule has 0 bridgehead atoms. The highest BCUT2D eigenvalue weighted by Crippen LogP contribution is 2.26. The van der Waals surface area contributed by atoms with Crippen molar-refractivity contribution < 1.29 is 0 Å². The molecule has 2 rings (SSSR count). The molecule has 2 heterocycles. The number of rotatable bonds is 4. The van der Waals surface area contributed by atoms with Crippen LogP contribution >= 0.6 is 27.5 Å². The van der Waals surface area contributed by atoms with E-state index in [1.165, 1.54) is 19.3 Å². The summed E-state index contributed by atoms with van der Waals surface area (Å²) in [6.45, 7) is 4.41. The minimum Gasteiger partial charge on any atom is -0.347 e. The highest BCUT2D eigenvalue weighted by atomic mass is 79.9. The molecule has 0 N–H and O–H groups in total. The molecule has 1 aromatic heterocycles. The van der Waals surface area contributed by atoms with Crippen LogP contribution in [0.15, 0.2) is 0 Å². The van der Waals surface area contributed by atoms with E-state index in [2.05, 4.69) is 37.1 Å². The normalized spacial score (nSPS) is 21.4. The van der Waals surface area contributed by atoms with Crippen molar-refractivity contribution in [3.8, 4) is 0 Å². The second-order valence-corrected chi connectivity index (χ2v) is 5.80. The molecule has 1 aromatic rings. The molecule has 3 nitrogen and oxygen atoms in total. The fourth-order valence-corrected chi connectivity index (χ4v) is 3.58. The highest BCUT2D eigenvalue weighted by molar-refractivity contribution is 9.09. The summed E-state index contributed by atoms with van der Waals surface area (Å²) < 4.78 is 4.36. The van der Waals surface area contributed by atoms with E-state index < -0.39 is 0 Å². The third kappa shape index (κ3) is 2.94. The molecule has 1 unspecified atom stereocenters. The van der Waals surface area contributed by atoms with E-state index in [1.54, 1.807) is 11.5 Å². The van der Waals surface area contributed by atoms with Gasteiger partial charge in [0, 0.05) is 36.4 Å². The molecule has 1 aliphatic heterocycles. The van der Waals surface area contributed by atoms with Crippen molar-refractivity contribution >= 4 is 32.6 Å². The number of alkyl halides is 1. The lowest BCUT2D eigenvalue weighted by atomic mass is 9.96. The van der Waals surface area contributed by atoms with Crippen molar-refractivity contribution in [3.05, 3.63) is 5.82 Å². The molecule has 0 saturated carbocycles. The second kappa shape index (κ2) is 5.96. The zero-order valence-electron chi connectivity index (χ0n) is 9.65. The van der Waals surface area contributed by atoms with Gasteiger partial charge in [0.1, 0.15) is 5.82 Å². The summed E-state index contributed by atoms with van der Waals surface area (Å²) in [4.78, 5) is 6.98. The van der Waals surface area contributed by atoms with Crippen LogP contribution in [0.2, 0.25) is 0 Å². The Kier molecular flexibility index (Phi) is 4.58. The van der Waals surface area contributed by atoms with Crippen LogP contribution < -0.4 is 4.90 Å². The van der Waals surface area contributed by atoms with Gasteiger partial charge in [-0.05, 0) is 25.2 Å². The predicted molar refractivity (Wildman–Crippen MR) is 72.6 cm³/mol. The van der Waals surface area contributed by atoms with Crippen molar-refractivity contribution in [1.82, 2.24) is 9.36 Å². The number of hydrogen-bond acceptors (Lipinski definition) is 4. The van der Waals surface area contributed by atoms with Gasteiger partial charge in [-0.2, -0.15) is 4.37 Å². The van der Waals surface area contributed by atoms with Gasteiger partial charge in [0.2, 0.25) is 5.13 Å². The lowest BCUT2D eigenvalue weighted by Crippen LogP contribution is -2.35. The average Bonchev–Trinajstić information content (AvgIpc) is 2.78. The summed E-state index contributed by atoms with van der Waals surface area (Å²) in [6, 6.07) is 0. The third-order valence-corrected chi connectivity index (χ3v) is 4.35. The van der Waals surface area contributed by atoms with Gasteiger partial charge < -0.3 is 4.90 Å². The Morgan fingerprint density at radius 1 is 1.56 bits per heavy atom. The van der Waals surface area contributed by atoms with Gasteiger partial charge in [-0.25, -0.2) is 4.98 Å². The lowest BCUT2D eigenvalue weighted by Gasteiger charge is -2.31. The Morgan fingerprint density at radius 2 is 2.44 bits per heavy atom. The van der Waals surface area contributed by atoms with Crippen molar-refractivity contribution in [1.29, 1.82) is 0 Å². The molecule has 1 fully saturated rings. The van der Waals surface area contributed by atoms with Crippen LogP contribution in [-0.4, -0.2) is 27.8 Å². The fourth-order valence-electron chi connectivity index (χ4n) is 2.15. The second-order valence-electron chi connectivity index (χ2n) is 4.28. The molecule has 0 aromatic carbocycles. The molecule has 0 radical (unpaired) electrons. The van der Waals surface area contributed by atoms with Gasteiger partial charge in [0.15, 0.2) is 0 Å². The average molecular weight is 304 g/mol. The van der Waals surface area contributed by atoms with E-state index in [-0.39, 0.29) is 0 Å². The maximum absolute atomic E-state index is 4.57. The number of hydrogen-bond donors (Lipinski definition) is 0. The minimum absolute atomic E-state index is 0.821. The van der Waals surface area contributed by atoms with Crippen LogP contribution in [0.4, 0.5) is 5.13 Å². The van der Waals surface area contributed by atoms with Gasteiger partial charge in [0.25, 0.3) is 0 Å². The molecule has 0 amide bonds. The summed E-state index contributed by atoms with van der Waals surface area (Å²) in [6.07, 6.45) is 4.87. The Balaban J connectivity index is 1.98. The molecule has 16 heavy (non-hydrogen) atoms. The number of anilines is 1. The van der Waals surface area contributed by atoms with E-state index in [4.69, 9.17) is 0 Å². The van der Waals surface area contributed by atoms with E-state index in [1.807, 2.05) is 0 Å². The maximum Gasteiger partial charge on any atom is 0.205 e. The van der Waals surface area contributed by atoms with Crippen LogP contribution in [0.25, 0.3) is 0 Å². The van der Waals surface area contributed by atoms with Crippen LogP contribution in [0, 0.1) is 5.92 Å². The molecular weight excluding hydrogens is 286 g/mol. The molecule has 5 heteroatoms. The molecular formula is C11H18BrN3S. The fraction of sp³-hybridized carbons (Fsp3) is 0.818. The third-order valence-electron chi connectivity index (χ3n) is 3.08. The van der Waals surface area contributed by atoms with Crippen molar-refractivity contribution in [2.45, 2.75) is 32.6 Å². The summed E-state index contributed by atoms with van der Waals surface area (Å²) >= 11 is 5.09. The van der Waals surface area contributed by atoms with Gasteiger partial charge >= 0.3 is 0 Å². The Bertz CT molecular complexity index is 327. The van der Waals surface area contributed by atoms with Crippen LogP contribution in [-0.2, 0) is 6.42 Å². The number of aromatic nitrogens is 2. The Labute approximate surface area is 110 Å². The summed E-state index contributed by atoms with van der Waals surface area (Å²) in [5.74, 6) is 1.81. The number of aryl methyl sites for hydroxylation is 1. The highest BCUT2D eigenvalue weighted by Gasteiger charge is 2.21. The minimum atomic E-state index is 0.821. The summed E-state index contributed by atoms with van der Waals surface area (Å²) in [7, 11) is 0.